The van der Waals surface area contributed by atoms with Crippen LogP contribution < -0.4 is 5.32 Å². The first-order chi connectivity index (χ1) is 12.7. The maximum Gasteiger partial charge on any atom is 0.340 e. The van der Waals surface area contributed by atoms with Gasteiger partial charge >= 0.3 is 5.97 Å². The quantitative estimate of drug-likeness (QED) is 0.589. The molecule has 26 heavy (non-hydrogen) atoms. The number of esters is 1. The fourth-order valence-corrected chi connectivity index (χ4v) is 2.66. The molecule has 2 aliphatic heterocycles. The van der Waals surface area contributed by atoms with Gasteiger partial charge in [-0.15, -0.1) is 0 Å². The summed E-state index contributed by atoms with van der Waals surface area (Å²) in [6.45, 7) is 3.16. The van der Waals surface area contributed by atoms with Gasteiger partial charge in [-0.3, -0.25) is 0 Å². The molecule has 0 aromatic heterocycles. The van der Waals surface area contributed by atoms with Crippen molar-refractivity contribution in [3.05, 3.63) is 78.4 Å². The van der Waals surface area contributed by atoms with E-state index in [0.717, 1.165) is 18.7 Å². The Balaban J connectivity index is 0.000000167. The normalized spacial score (nSPS) is 17.1. The zero-order chi connectivity index (χ0) is 18.2. The van der Waals surface area contributed by atoms with Crippen LogP contribution in [0.15, 0.2) is 72.8 Å². The van der Waals surface area contributed by atoms with Crippen molar-refractivity contribution in [2.45, 2.75) is 19.6 Å². The fourth-order valence-electron chi connectivity index (χ4n) is 2.66. The Morgan fingerprint density at radius 3 is 2.04 bits per heavy atom. The van der Waals surface area contributed by atoms with Crippen molar-refractivity contribution in [2.75, 3.05) is 18.5 Å². The highest BCUT2D eigenvalue weighted by molar-refractivity contribution is 5.89. The van der Waals surface area contributed by atoms with Crippen LogP contribution in [0.4, 0.5) is 5.69 Å². The van der Waals surface area contributed by atoms with E-state index in [-0.39, 0.29) is 5.97 Å². The van der Waals surface area contributed by atoms with E-state index in [9.17, 15) is 4.79 Å². The van der Waals surface area contributed by atoms with Gasteiger partial charge < -0.3 is 14.8 Å². The SMILES string of the molecule is CC1OCCCNc2ccc(cc2)C(=O)O1.c1ccc2ccccc2c1. The highest BCUT2D eigenvalue weighted by atomic mass is 16.7. The van der Waals surface area contributed by atoms with Crippen LogP contribution in [0, 0.1) is 0 Å². The number of hydrogen-bond acceptors (Lipinski definition) is 4. The largest absolute Gasteiger partial charge is 0.432 e. The lowest BCUT2D eigenvalue weighted by atomic mass is 10.1. The number of fused-ring (bicyclic) bond motifs is 10. The molecule has 3 aromatic carbocycles. The molecule has 0 saturated heterocycles. The molecule has 1 unspecified atom stereocenters. The van der Waals surface area contributed by atoms with Crippen molar-refractivity contribution >= 4 is 22.4 Å². The molecular weight excluding hydrogens is 326 g/mol. The van der Waals surface area contributed by atoms with E-state index in [2.05, 4.69) is 53.8 Å². The predicted molar refractivity (Wildman–Crippen MR) is 104 cm³/mol. The molecule has 2 heterocycles. The van der Waals surface area contributed by atoms with E-state index in [1.165, 1.54) is 10.8 Å². The number of carbonyl (C=O) groups excluding carboxylic acids is 1. The van der Waals surface area contributed by atoms with Crippen LogP contribution in [-0.2, 0) is 9.47 Å². The number of ether oxygens (including phenoxy) is 2. The molecule has 1 N–H and O–H groups in total. The van der Waals surface area contributed by atoms with Crippen molar-refractivity contribution in [3.8, 4) is 0 Å². The number of nitrogens with one attached hydrogen (secondary N) is 1. The van der Waals surface area contributed by atoms with Crippen molar-refractivity contribution in [3.63, 3.8) is 0 Å². The summed E-state index contributed by atoms with van der Waals surface area (Å²) in [5.74, 6) is -0.348. The van der Waals surface area contributed by atoms with E-state index in [1.807, 2.05) is 12.1 Å². The first-order valence-corrected chi connectivity index (χ1v) is 8.83. The molecule has 4 nitrogen and oxygen atoms in total. The molecule has 2 bridgehead atoms. The zero-order valence-corrected chi connectivity index (χ0v) is 14.9. The molecule has 1 atom stereocenters. The van der Waals surface area contributed by atoms with E-state index < -0.39 is 6.29 Å². The van der Waals surface area contributed by atoms with Crippen molar-refractivity contribution < 1.29 is 14.3 Å². The molecule has 2 aliphatic rings. The van der Waals surface area contributed by atoms with Crippen LogP contribution in [0.1, 0.15) is 23.7 Å². The maximum absolute atomic E-state index is 11.6. The first kappa shape index (κ1) is 18.0. The van der Waals surface area contributed by atoms with Gasteiger partial charge in [0, 0.05) is 12.2 Å². The Hall–Kier alpha value is -2.85. The molecule has 0 fully saturated rings. The minimum absolute atomic E-state index is 0.348. The number of rotatable bonds is 0. The molecule has 0 aliphatic carbocycles. The summed E-state index contributed by atoms with van der Waals surface area (Å²) < 4.78 is 10.5. The molecule has 5 rings (SSSR count). The van der Waals surface area contributed by atoms with E-state index >= 15 is 0 Å². The lowest BCUT2D eigenvalue weighted by molar-refractivity contribution is -0.0979. The number of carbonyl (C=O) groups is 1. The Bertz CT molecular complexity index is 780. The Morgan fingerprint density at radius 2 is 1.46 bits per heavy atom. The summed E-state index contributed by atoms with van der Waals surface area (Å²) in [5, 5.41) is 5.87. The van der Waals surface area contributed by atoms with Crippen LogP contribution in [0.3, 0.4) is 0 Å². The third-order valence-electron chi connectivity index (χ3n) is 4.06. The van der Waals surface area contributed by atoms with Gasteiger partial charge in [0.1, 0.15) is 0 Å². The molecule has 0 saturated carbocycles. The molecular formula is C22H23NO3. The van der Waals surface area contributed by atoms with Gasteiger partial charge in [0.25, 0.3) is 0 Å². The molecule has 3 aromatic rings. The average molecular weight is 349 g/mol. The third-order valence-corrected chi connectivity index (χ3v) is 4.06. The lowest BCUT2D eigenvalue weighted by Gasteiger charge is -2.16. The molecule has 4 heteroatoms. The summed E-state index contributed by atoms with van der Waals surface area (Å²) in [6.07, 6.45) is 0.385. The highest BCUT2D eigenvalue weighted by Crippen LogP contribution is 2.13. The second-order valence-electron chi connectivity index (χ2n) is 6.05. The molecule has 0 amide bonds. The smallest absolute Gasteiger partial charge is 0.340 e. The van der Waals surface area contributed by atoms with Crippen LogP contribution >= 0.6 is 0 Å². The summed E-state index contributed by atoms with van der Waals surface area (Å²) >= 11 is 0. The molecule has 0 spiro atoms. The monoisotopic (exact) mass is 349 g/mol. The summed E-state index contributed by atoms with van der Waals surface area (Å²) in [7, 11) is 0. The number of anilines is 1. The summed E-state index contributed by atoms with van der Waals surface area (Å²) in [5.41, 5.74) is 1.55. The van der Waals surface area contributed by atoms with E-state index in [0.29, 0.717) is 12.2 Å². The Labute approximate surface area is 153 Å². The number of benzene rings is 3. The zero-order valence-electron chi connectivity index (χ0n) is 14.9. The molecule has 134 valence electrons. The van der Waals surface area contributed by atoms with Gasteiger partial charge in [-0.1, -0.05) is 48.5 Å². The molecule has 0 radical (unpaired) electrons. The second kappa shape index (κ2) is 9.02. The van der Waals surface area contributed by atoms with Gasteiger partial charge in [-0.05, 0) is 48.4 Å². The first-order valence-electron chi connectivity index (χ1n) is 8.83. The Kier molecular flexibility index (Phi) is 6.23. The third kappa shape index (κ3) is 5.07. The van der Waals surface area contributed by atoms with E-state index in [4.69, 9.17) is 9.47 Å². The van der Waals surface area contributed by atoms with Gasteiger partial charge in [0.05, 0.1) is 12.2 Å². The van der Waals surface area contributed by atoms with Crippen molar-refractivity contribution in [2.24, 2.45) is 0 Å². The average Bonchev–Trinajstić information content (AvgIpc) is 2.68. The van der Waals surface area contributed by atoms with Gasteiger partial charge in [-0.25, -0.2) is 4.79 Å². The van der Waals surface area contributed by atoms with Crippen LogP contribution in [0.5, 0.6) is 0 Å². The minimum Gasteiger partial charge on any atom is -0.432 e. The fraction of sp³-hybridized carbons (Fsp3) is 0.227. The van der Waals surface area contributed by atoms with Crippen LogP contribution in [0.25, 0.3) is 10.8 Å². The van der Waals surface area contributed by atoms with Crippen LogP contribution in [-0.4, -0.2) is 25.4 Å². The topological polar surface area (TPSA) is 47.6 Å². The standard InChI is InChI=1S/C12H15NO3.C10H8/c1-9-15-8-2-7-13-11-5-3-10(4-6-11)12(14)16-9;1-2-6-10-8-4-3-7-9(10)5-1/h3-6,9,13H,2,7-8H2,1H3;1-8H. The van der Waals surface area contributed by atoms with Crippen molar-refractivity contribution in [1.29, 1.82) is 0 Å². The Morgan fingerprint density at radius 1 is 0.885 bits per heavy atom. The highest BCUT2D eigenvalue weighted by Gasteiger charge is 2.12. The van der Waals surface area contributed by atoms with Crippen molar-refractivity contribution in [1.82, 2.24) is 0 Å². The predicted octanol–water partition coefficient (Wildman–Crippen LogP) is 4.86. The second-order valence-corrected chi connectivity index (χ2v) is 6.05. The van der Waals surface area contributed by atoms with Crippen LogP contribution in [0.2, 0.25) is 0 Å². The van der Waals surface area contributed by atoms with Gasteiger partial charge in [0.15, 0.2) is 6.29 Å². The van der Waals surface area contributed by atoms with Gasteiger partial charge in [-0.2, -0.15) is 0 Å². The van der Waals surface area contributed by atoms with E-state index in [1.54, 1.807) is 19.1 Å². The minimum atomic E-state index is -0.494. The van der Waals surface area contributed by atoms with Gasteiger partial charge in [0.2, 0.25) is 0 Å². The summed E-state index contributed by atoms with van der Waals surface area (Å²) in [6, 6.07) is 24.0. The maximum atomic E-state index is 11.6. The summed E-state index contributed by atoms with van der Waals surface area (Å²) in [4.78, 5) is 11.6. The lowest BCUT2D eigenvalue weighted by Crippen LogP contribution is -2.20. The number of hydrogen-bond donors (Lipinski definition) is 1.